The van der Waals surface area contributed by atoms with E-state index in [1.165, 1.54) is 4.90 Å². The highest BCUT2D eigenvalue weighted by Crippen LogP contribution is 2.38. The third-order valence-corrected chi connectivity index (χ3v) is 12.7. The van der Waals surface area contributed by atoms with Gasteiger partial charge in [0.05, 0.1) is 209 Å². The van der Waals surface area contributed by atoms with Crippen LogP contribution in [0.4, 0.5) is 0 Å². The molecule has 0 fully saturated rings. The molecule has 0 N–H and O–H groups in total. The monoisotopic (exact) mass is 1120 g/mol. The number of carbonyl (C=O) groups excluding carboxylic acids is 4. The van der Waals surface area contributed by atoms with Crippen LogP contribution in [-0.4, -0.2) is 266 Å². The van der Waals surface area contributed by atoms with Gasteiger partial charge in [0.1, 0.15) is 26.4 Å². The van der Waals surface area contributed by atoms with Gasteiger partial charge in [-0.25, -0.2) is 0 Å². The number of hydrogen-bond acceptors (Lipinski definition) is 20. The number of quaternary nitrogens is 1. The van der Waals surface area contributed by atoms with Gasteiger partial charge < -0.3 is 85.2 Å². The first-order valence-electron chi connectivity index (χ1n) is 27.8. The number of nitrogens with zero attached hydrogens (tertiary/aromatic N) is 2. The Morgan fingerprint density at radius 1 is 0.364 bits per heavy atom. The van der Waals surface area contributed by atoms with Gasteiger partial charge in [0.25, 0.3) is 0 Å². The zero-order chi connectivity index (χ0) is 57.5. The van der Waals surface area contributed by atoms with Crippen LogP contribution in [0.25, 0.3) is 0 Å². The van der Waals surface area contributed by atoms with Crippen molar-refractivity contribution in [3.05, 3.63) is 0 Å². The van der Waals surface area contributed by atoms with Crippen molar-refractivity contribution < 1.29 is 99.5 Å². The van der Waals surface area contributed by atoms with E-state index in [1.807, 2.05) is 34.6 Å². The molecule has 456 valence electrons. The highest BCUT2D eigenvalue weighted by Gasteiger charge is 2.42. The number of amides is 1. The molecule has 0 rings (SSSR count). The standard InChI is InChI=1S/C55H107N2O20/c1-13-53(4,5)50(59)76-44-42-73-40-38-71-36-34-69-32-30-67-28-26-65-24-22-63-20-18-62-19-21-64-23-25-66-27-29-68-31-33-70-35-37-72-39-41-74-43-45-77-51(60)54(6,7)46-48(49(58)56(9)10)47-55(8,14-2)52(61)75-17-16-57(11,12)15-3/h48H,13-47H2,1-12H3/q+1. The van der Waals surface area contributed by atoms with E-state index in [4.69, 9.17) is 75.8 Å². The molecule has 77 heavy (non-hydrogen) atoms. The van der Waals surface area contributed by atoms with E-state index < -0.39 is 28.1 Å². The molecule has 0 aromatic carbocycles. The molecular weight excluding hydrogens is 1010 g/mol. The second kappa shape index (κ2) is 47.0. The Bertz CT molecular complexity index is 1460. The molecule has 1 amide bonds. The second-order valence-corrected chi connectivity index (χ2v) is 20.7. The summed E-state index contributed by atoms with van der Waals surface area (Å²) in [5.41, 5.74) is -2.33. The number of carbonyl (C=O) groups is 4. The zero-order valence-electron chi connectivity index (χ0n) is 49.9. The predicted octanol–water partition coefficient (Wildman–Crippen LogP) is 4.29. The molecule has 0 aliphatic carbocycles. The van der Waals surface area contributed by atoms with Crippen molar-refractivity contribution >= 4 is 23.8 Å². The Kier molecular flexibility index (Phi) is 45.4. The molecule has 0 aliphatic rings. The zero-order valence-corrected chi connectivity index (χ0v) is 49.9. The van der Waals surface area contributed by atoms with E-state index in [9.17, 15) is 19.2 Å². The van der Waals surface area contributed by atoms with Crippen LogP contribution in [0, 0.1) is 22.2 Å². The van der Waals surface area contributed by atoms with Crippen LogP contribution in [-0.2, 0) is 95.0 Å². The Balaban J connectivity index is 3.63. The third kappa shape index (κ3) is 41.0. The van der Waals surface area contributed by atoms with Crippen molar-refractivity contribution in [3.8, 4) is 0 Å². The largest absolute Gasteiger partial charge is 0.463 e. The first-order valence-corrected chi connectivity index (χ1v) is 27.8. The van der Waals surface area contributed by atoms with Gasteiger partial charge in [-0.2, -0.15) is 0 Å². The van der Waals surface area contributed by atoms with Crippen LogP contribution in [0.3, 0.4) is 0 Å². The maximum absolute atomic E-state index is 13.3. The van der Waals surface area contributed by atoms with Crippen LogP contribution in [0.15, 0.2) is 0 Å². The topological polar surface area (TPSA) is 219 Å². The fourth-order valence-corrected chi connectivity index (χ4v) is 6.61. The Morgan fingerprint density at radius 3 is 0.870 bits per heavy atom. The van der Waals surface area contributed by atoms with Crippen molar-refractivity contribution in [2.24, 2.45) is 22.2 Å². The number of likely N-dealkylation sites (N-methyl/N-ethyl adjacent to an activating group) is 1. The van der Waals surface area contributed by atoms with Crippen LogP contribution < -0.4 is 0 Å². The molecule has 0 radical (unpaired) electrons. The lowest BCUT2D eigenvalue weighted by atomic mass is 9.72. The van der Waals surface area contributed by atoms with Crippen LogP contribution in [0.5, 0.6) is 0 Å². The smallest absolute Gasteiger partial charge is 0.312 e. The van der Waals surface area contributed by atoms with Gasteiger partial charge in [-0.05, 0) is 67.2 Å². The van der Waals surface area contributed by atoms with Crippen molar-refractivity contribution in [2.75, 3.05) is 233 Å². The Labute approximate surface area is 463 Å². The molecule has 0 aliphatic heterocycles. The molecule has 0 aromatic rings. The summed E-state index contributed by atoms with van der Waals surface area (Å²) in [5, 5.41) is 0. The van der Waals surface area contributed by atoms with Crippen LogP contribution >= 0.6 is 0 Å². The molecule has 0 aromatic heterocycles. The minimum absolute atomic E-state index is 0.0631. The first kappa shape index (κ1) is 74.3. The number of ether oxygens (including phenoxy) is 16. The molecule has 0 saturated heterocycles. The third-order valence-electron chi connectivity index (χ3n) is 12.7. The van der Waals surface area contributed by atoms with E-state index in [0.717, 1.165) is 17.4 Å². The van der Waals surface area contributed by atoms with Crippen molar-refractivity contribution in [1.82, 2.24) is 4.90 Å². The van der Waals surface area contributed by atoms with E-state index in [0.29, 0.717) is 185 Å². The number of hydrogen-bond donors (Lipinski definition) is 0. The maximum atomic E-state index is 13.3. The second-order valence-electron chi connectivity index (χ2n) is 20.7. The molecule has 0 heterocycles. The number of esters is 3. The SMILES string of the molecule is CCC(C)(C)C(=O)OCCOCCOCCOCCOCCOCCOCCOCCOCCOCCOCCOCCOCCOCCOC(=O)C(C)(C)CC(CC(C)(CC)C(=O)OCC[N+](C)(C)CC)C(=O)N(C)C. The summed E-state index contributed by atoms with van der Waals surface area (Å²) in [7, 11) is 7.52. The van der Waals surface area contributed by atoms with Crippen molar-refractivity contribution in [3.63, 3.8) is 0 Å². The first-order chi connectivity index (χ1) is 36.8. The highest BCUT2D eigenvalue weighted by atomic mass is 16.6. The molecule has 0 saturated carbocycles. The van der Waals surface area contributed by atoms with Gasteiger partial charge in [0, 0.05) is 20.0 Å². The summed E-state index contributed by atoms with van der Waals surface area (Å²) in [6.45, 7) is 28.5. The van der Waals surface area contributed by atoms with Gasteiger partial charge in [-0.1, -0.05) is 13.8 Å². The normalized spacial score (nSPS) is 13.4. The van der Waals surface area contributed by atoms with E-state index in [2.05, 4.69) is 21.0 Å². The average Bonchev–Trinajstić information content (AvgIpc) is 3.40. The summed E-state index contributed by atoms with van der Waals surface area (Å²) < 4.78 is 88.9. The quantitative estimate of drug-likeness (QED) is 0.0359. The van der Waals surface area contributed by atoms with Gasteiger partial charge in [0.15, 0.2) is 0 Å². The fraction of sp³-hybridized carbons (Fsp3) is 0.927. The molecule has 22 heteroatoms. The van der Waals surface area contributed by atoms with Crippen LogP contribution in [0.1, 0.15) is 81.1 Å². The van der Waals surface area contributed by atoms with E-state index in [-0.39, 0.29) is 50.5 Å². The predicted molar refractivity (Wildman–Crippen MR) is 289 cm³/mol. The average molecular weight is 1120 g/mol. The summed E-state index contributed by atoms with van der Waals surface area (Å²) in [5.74, 6) is -1.70. The lowest BCUT2D eigenvalue weighted by Crippen LogP contribution is -2.44. The fourth-order valence-electron chi connectivity index (χ4n) is 6.61. The lowest BCUT2D eigenvalue weighted by molar-refractivity contribution is -0.888. The van der Waals surface area contributed by atoms with Gasteiger partial charge >= 0.3 is 17.9 Å². The minimum Gasteiger partial charge on any atom is -0.463 e. The highest BCUT2D eigenvalue weighted by molar-refractivity contribution is 5.83. The molecule has 2 unspecified atom stereocenters. The maximum Gasteiger partial charge on any atom is 0.312 e. The summed E-state index contributed by atoms with van der Waals surface area (Å²) in [6.07, 6.45) is 1.70. The van der Waals surface area contributed by atoms with Crippen molar-refractivity contribution in [2.45, 2.75) is 81.1 Å². The molecular formula is C55H107N2O20+. The molecule has 0 spiro atoms. The number of rotatable bonds is 56. The van der Waals surface area contributed by atoms with E-state index >= 15 is 0 Å². The van der Waals surface area contributed by atoms with Gasteiger partial charge in [0.2, 0.25) is 5.91 Å². The van der Waals surface area contributed by atoms with Crippen molar-refractivity contribution in [1.29, 1.82) is 0 Å². The lowest BCUT2D eigenvalue weighted by Gasteiger charge is -2.35. The minimum atomic E-state index is -0.979. The summed E-state index contributed by atoms with van der Waals surface area (Å²) in [6, 6.07) is 0. The molecule has 2 atom stereocenters. The Hall–Kier alpha value is -2.68. The molecule has 0 bridgehead atoms. The summed E-state index contributed by atoms with van der Waals surface area (Å²) >= 11 is 0. The van der Waals surface area contributed by atoms with Gasteiger partial charge in [-0.15, -0.1) is 0 Å². The van der Waals surface area contributed by atoms with Gasteiger partial charge in [-0.3, -0.25) is 19.2 Å². The van der Waals surface area contributed by atoms with Crippen LogP contribution in [0.2, 0.25) is 0 Å². The van der Waals surface area contributed by atoms with E-state index in [1.54, 1.807) is 27.9 Å². The Morgan fingerprint density at radius 2 is 0.623 bits per heavy atom. The summed E-state index contributed by atoms with van der Waals surface area (Å²) in [4.78, 5) is 53.2. The molecule has 22 nitrogen and oxygen atoms in total.